The number of nitrogens with zero attached hydrogens (tertiary/aromatic N) is 3. The Morgan fingerprint density at radius 3 is 2.58 bits per heavy atom. The summed E-state index contributed by atoms with van der Waals surface area (Å²) < 4.78 is 5.22. The number of halogens is 1. The van der Waals surface area contributed by atoms with Gasteiger partial charge in [0.1, 0.15) is 0 Å². The molecule has 2 aromatic rings. The monoisotopic (exact) mass is 367 g/mol. The van der Waals surface area contributed by atoms with E-state index < -0.39 is 0 Å². The normalized spacial score (nSPS) is 10.7. The van der Waals surface area contributed by atoms with Crippen molar-refractivity contribution in [1.82, 2.24) is 9.97 Å². The van der Waals surface area contributed by atoms with Crippen molar-refractivity contribution in [2.45, 2.75) is 19.8 Å². The molecule has 0 aliphatic rings. The molecule has 1 aromatic heterocycles. The van der Waals surface area contributed by atoms with Gasteiger partial charge in [0.2, 0.25) is 0 Å². The van der Waals surface area contributed by atoms with Crippen LogP contribution in [0.15, 0.2) is 39.9 Å². The summed E-state index contributed by atoms with van der Waals surface area (Å²) in [5.41, 5.74) is 2.06. The van der Waals surface area contributed by atoms with Crippen molar-refractivity contribution >= 4 is 18.2 Å². The van der Waals surface area contributed by atoms with Crippen molar-refractivity contribution < 1.29 is 21.5 Å². The molecule has 0 saturated carbocycles. The number of nitrogens with one attached hydrogen (secondary N) is 1. The van der Waals surface area contributed by atoms with E-state index in [1.165, 1.54) is 3.57 Å². The zero-order chi connectivity index (χ0) is 13.7. The van der Waals surface area contributed by atoms with E-state index in [0.29, 0.717) is 5.92 Å². The van der Waals surface area contributed by atoms with E-state index in [0.717, 1.165) is 17.2 Å². The van der Waals surface area contributed by atoms with Gasteiger partial charge in [0.05, 0.1) is 0 Å². The molecule has 0 atom stereocenters. The molecule has 1 N–H and O–H groups in total. The first-order valence-corrected chi connectivity index (χ1v) is 8.02. The Hall–Kier alpha value is -1.50. The van der Waals surface area contributed by atoms with Crippen molar-refractivity contribution in [3.8, 4) is 0 Å². The van der Waals surface area contributed by atoms with Gasteiger partial charge in [-0.25, -0.2) is 0 Å². The van der Waals surface area contributed by atoms with Crippen molar-refractivity contribution in [1.29, 1.82) is 0 Å². The predicted molar refractivity (Wildman–Crippen MR) is 74.1 cm³/mol. The van der Waals surface area contributed by atoms with Gasteiger partial charge in [0, 0.05) is 0 Å². The zero-order valence-electron chi connectivity index (χ0n) is 11.0. The second kappa shape index (κ2) is 6.60. The zero-order valence-corrected chi connectivity index (χ0v) is 13.1. The Morgan fingerprint density at radius 1 is 1.21 bits per heavy atom. The average Bonchev–Trinajstić information content (AvgIpc) is 2.42. The van der Waals surface area contributed by atoms with E-state index in [-0.39, 0.29) is 21.5 Å². The van der Waals surface area contributed by atoms with E-state index in [9.17, 15) is 0 Å². The summed E-state index contributed by atoms with van der Waals surface area (Å²) in [6.45, 7) is 7.77. The molecule has 19 heavy (non-hydrogen) atoms. The first-order valence-electron chi connectivity index (χ1n) is 5.98. The first kappa shape index (κ1) is 13.9. The standard InChI is InChI=1S/C14H16IN4/c1-10(2)13-8-14(18-9-17-13)19-12-6-4-11(5-7-12)15-16-3/h4-10H,3H2,1-2H3,(H,17,18,19)/q-1. The molecule has 0 fully saturated rings. The van der Waals surface area contributed by atoms with E-state index in [1.54, 1.807) is 6.33 Å². The summed E-state index contributed by atoms with van der Waals surface area (Å²) in [5, 5.41) is 3.28. The molecule has 0 bridgehead atoms. The van der Waals surface area contributed by atoms with Crippen LogP contribution in [-0.2, 0) is 0 Å². The van der Waals surface area contributed by atoms with Gasteiger partial charge in [-0.15, -0.1) is 0 Å². The second-order valence-electron chi connectivity index (χ2n) is 4.32. The Bertz CT molecular complexity index is 552. The predicted octanol–water partition coefficient (Wildman–Crippen LogP) is 0.218. The number of anilines is 2. The molecule has 1 heterocycles. The Kier molecular flexibility index (Phi) is 4.84. The molecule has 5 heteroatoms. The van der Waals surface area contributed by atoms with Crippen LogP contribution >= 0.6 is 0 Å². The van der Waals surface area contributed by atoms with Gasteiger partial charge in [-0.3, -0.25) is 0 Å². The number of aromatic nitrogens is 2. The minimum atomic E-state index is -0.297. The molecule has 0 amide bonds. The van der Waals surface area contributed by atoms with Crippen LogP contribution < -0.4 is 26.8 Å². The van der Waals surface area contributed by atoms with Gasteiger partial charge in [-0.1, -0.05) is 0 Å². The van der Waals surface area contributed by atoms with E-state index in [1.807, 2.05) is 18.2 Å². The molecule has 100 valence electrons. The van der Waals surface area contributed by atoms with E-state index in [4.69, 9.17) is 0 Å². The van der Waals surface area contributed by atoms with Crippen molar-refractivity contribution in [3.63, 3.8) is 0 Å². The summed E-state index contributed by atoms with van der Waals surface area (Å²) in [6, 6.07) is 10.2. The fourth-order valence-corrected chi connectivity index (χ4v) is 2.64. The Balaban J connectivity index is 2.12. The van der Waals surface area contributed by atoms with Gasteiger partial charge < -0.3 is 0 Å². The summed E-state index contributed by atoms with van der Waals surface area (Å²) >= 11 is -0.297. The van der Waals surface area contributed by atoms with Crippen LogP contribution in [-0.4, -0.2) is 16.7 Å². The topological polar surface area (TPSA) is 50.2 Å². The minimum absolute atomic E-state index is 0.297. The summed E-state index contributed by atoms with van der Waals surface area (Å²) in [5.74, 6) is 1.22. The first-order chi connectivity index (χ1) is 9.19. The molecule has 2 rings (SSSR count). The second-order valence-corrected chi connectivity index (χ2v) is 6.73. The third-order valence-corrected chi connectivity index (χ3v) is 4.17. The molecule has 0 unspecified atom stereocenters. The Labute approximate surface area is 124 Å². The van der Waals surface area contributed by atoms with Crippen LogP contribution in [0, 0.1) is 3.57 Å². The van der Waals surface area contributed by atoms with Crippen LogP contribution in [0.25, 0.3) is 0 Å². The van der Waals surface area contributed by atoms with Crippen molar-refractivity contribution in [3.05, 3.63) is 45.9 Å². The molecule has 0 aliphatic heterocycles. The van der Waals surface area contributed by atoms with Gasteiger partial charge in [0.15, 0.2) is 0 Å². The van der Waals surface area contributed by atoms with Crippen LogP contribution in [0.3, 0.4) is 0 Å². The number of hydrogen-bond donors (Lipinski definition) is 1. The maximum absolute atomic E-state index is 4.25. The quantitative estimate of drug-likeness (QED) is 0.608. The van der Waals surface area contributed by atoms with Crippen molar-refractivity contribution in [2.75, 3.05) is 5.32 Å². The molecular formula is C14H16IN4-. The molecule has 1 aromatic carbocycles. The Morgan fingerprint density at radius 2 is 1.95 bits per heavy atom. The summed E-state index contributed by atoms with van der Waals surface area (Å²) in [6.07, 6.45) is 1.60. The molecule has 0 spiro atoms. The van der Waals surface area contributed by atoms with Gasteiger partial charge in [-0.05, 0) is 0 Å². The van der Waals surface area contributed by atoms with Crippen LogP contribution in [0.1, 0.15) is 25.5 Å². The molecule has 0 radical (unpaired) electrons. The summed E-state index contributed by atoms with van der Waals surface area (Å²) in [4.78, 5) is 8.48. The van der Waals surface area contributed by atoms with Crippen molar-refractivity contribution in [2.24, 2.45) is 3.21 Å². The number of hydrogen-bond acceptors (Lipinski definition) is 4. The molecular weight excluding hydrogens is 351 g/mol. The average molecular weight is 367 g/mol. The molecule has 0 saturated heterocycles. The fraction of sp³-hybridized carbons (Fsp3) is 0.214. The molecule has 4 nitrogen and oxygen atoms in total. The summed E-state index contributed by atoms with van der Waals surface area (Å²) in [7, 11) is 0. The SMILES string of the molecule is C=N[I-]c1ccc(Nc2cc(C(C)C)ncn2)cc1. The van der Waals surface area contributed by atoms with Gasteiger partial charge in [0.25, 0.3) is 0 Å². The fourth-order valence-electron chi connectivity index (χ4n) is 1.56. The number of benzene rings is 1. The molecule has 0 aliphatic carbocycles. The van der Waals surface area contributed by atoms with Crippen LogP contribution in [0.2, 0.25) is 0 Å². The maximum atomic E-state index is 4.25. The third kappa shape index (κ3) is 3.99. The van der Waals surface area contributed by atoms with Gasteiger partial charge >= 0.3 is 124 Å². The van der Waals surface area contributed by atoms with Crippen LogP contribution in [0.4, 0.5) is 11.5 Å². The van der Waals surface area contributed by atoms with Crippen LogP contribution in [0.5, 0.6) is 0 Å². The third-order valence-electron chi connectivity index (χ3n) is 2.55. The van der Waals surface area contributed by atoms with E-state index >= 15 is 0 Å². The van der Waals surface area contributed by atoms with Gasteiger partial charge in [-0.2, -0.15) is 0 Å². The number of rotatable bonds is 5. The van der Waals surface area contributed by atoms with E-state index in [2.05, 4.69) is 51.2 Å².